The summed E-state index contributed by atoms with van der Waals surface area (Å²) in [5.74, 6) is 0.0513. The molecule has 0 aliphatic rings. The summed E-state index contributed by atoms with van der Waals surface area (Å²) in [7, 11) is 0. The summed E-state index contributed by atoms with van der Waals surface area (Å²) in [6.45, 7) is 4.86. The van der Waals surface area contributed by atoms with E-state index >= 15 is 0 Å². The van der Waals surface area contributed by atoms with Gasteiger partial charge in [-0.1, -0.05) is 12.8 Å². The van der Waals surface area contributed by atoms with Gasteiger partial charge in [-0.15, -0.1) is 35.1 Å². The zero-order valence-corrected chi connectivity index (χ0v) is 16.0. The molecule has 0 saturated carbocycles. The fourth-order valence-corrected chi connectivity index (χ4v) is 4.03. The van der Waals surface area contributed by atoms with Crippen molar-refractivity contribution < 1.29 is 4.79 Å². The summed E-state index contributed by atoms with van der Waals surface area (Å²) >= 11 is 3.27. The van der Waals surface area contributed by atoms with Crippen LogP contribution in [0.15, 0.2) is 12.1 Å². The summed E-state index contributed by atoms with van der Waals surface area (Å²) in [4.78, 5) is 20.1. The molecule has 0 fully saturated rings. The summed E-state index contributed by atoms with van der Waals surface area (Å²) < 4.78 is 0. The second-order valence-corrected chi connectivity index (χ2v) is 7.83. The van der Waals surface area contributed by atoms with Gasteiger partial charge in [-0.2, -0.15) is 0 Å². The third-order valence-electron chi connectivity index (χ3n) is 3.37. The van der Waals surface area contributed by atoms with Crippen LogP contribution < -0.4 is 11.1 Å². The fourth-order valence-electron chi connectivity index (χ4n) is 2.21. The molecule has 0 atom stereocenters. The number of anilines is 1. The van der Waals surface area contributed by atoms with Gasteiger partial charge in [0.25, 0.3) is 0 Å². The van der Waals surface area contributed by atoms with Crippen molar-refractivity contribution in [3.05, 3.63) is 21.9 Å². The zero-order chi connectivity index (χ0) is 15.9. The van der Waals surface area contributed by atoms with Crippen molar-refractivity contribution in [3.8, 4) is 10.6 Å². The summed E-state index contributed by atoms with van der Waals surface area (Å²) in [6, 6.07) is 4.18. The van der Waals surface area contributed by atoms with Gasteiger partial charge in [-0.05, 0) is 45.4 Å². The summed E-state index contributed by atoms with van der Waals surface area (Å²) in [5.41, 5.74) is 6.44. The van der Waals surface area contributed by atoms with Crippen molar-refractivity contribution >= 4 is 46.1 Å². The minimum Gasteiger partial charge on any atom is -0.330 e. The largest absolute Gasteiger partial charge is 0.330 e. The van der Waals surface area contributed by atoms with Gasteiger partial charge in [0.15, 0.2) is 5.13 Å². The second kappa shape index (κ2) is 10.0. The highest BCUT2D eigenvalue weighted by atomic mass is 35.5. The SMILES string of the molecule is Cc1ccc(-c2nc(NC(=O)CCCCCCN)sc2C)s1.Cl. The summed E-state index contributed by atoms with van der Waals surface area (Å²) in [5, 5.41) is 3.62. The van der Waals surface area contributed by atoms with Crippen molar-refractivity contribution in [2.45, 2.75) is 46.0 Å². The van der Waals surface area contributed by atoms with Gasteiger partial charge in [-0.3, -0.25) is 4.79 Å². The highest BCUT2D eigenvalue weighted by Crippen LogP contribution is 2.34. The van der Waals surface area contributed by atoms with E-state index in [-0.39, 0.29) is 18.3 Å². The number of nitrogens with zero attached hydrogens (tertiary/aromatic N) is 1. The van der Waals surface area contributed by atoms with Crippen LogP contribution in [0.5, 0.6) is 0 Å². The van der Waals surface area contributed by atoms with E-state index in [4.69, 9.17) is 5.73 Å². The lowest BCUT2D eigenvalue weighted by molar-refractivity contribution is -0.116. The molecule has 0 saturated heterocycles. The number of thiophene rings is 1. The number of nitrogens with two attached hydrogens (primary N) is 1. The van der Waals surface area contributed by atoms with Crippen LogP contribution in [0.3, 0.4) is 0 Å². The number of hydrogen-bond donors (Lipinski definition) is 2. The number of amides is 1. The van der Waals surface area contributed by atoms with Crippen molar-refractivity contribution in [2.24, 2.45) is 5.73 Å². The molecule has 23 heavy (non-hydrogen) atoms. The van der Waals surface area contributed by atoms with Gasteiger partial charge in [0.05, 0.1) is 10.6 Å². The molecule has 0 radical (unpaired) electrons. The minimum atomic E-state index is 0. The molecule has 2 aromatic heterocycles. The van der Waals surface area contributed by atoms with E-state index in [2.05, 4.69) is 29.4 Å². The molecule has 2 heterocycles. The Morgan fingerprint density at radius 3 is 2.57 bits per heavy atom. The molecule has 0 bridgehead atoms. The molecule has 0 aliphatic heterocycles. The lowest BCUT2D eigenvalue weighted by Crippen LogP contribution is -2.10. The number of thiazole rings is 1. The van der Waals surface area contributed by atoms with Crippen LogP contribution in [0.2, 0.25) is 0 Å². The Balaban J connectivity index is 0.00000264. The number of carbonyl (C=O) groups excluding carboxylic acids is 1. The summed E-state index contributed by atoms with van der Waals surface area (Å²) in [6.07, 6.45) is 4.66. The smallest absolute Gasteiger partial charge is 0.226 e. The molecule has 2 rings (SSSR count). The number of aryl methyl sites for hydroxylation is 2. The Morgan fingerprint density at radius 1 is 1.17 bits per heavy atom. The van der Waals surface area contributed by atoms with Crippen LogP contribution in [-0.4, -0.2) is 17.4 Å². The zero-order valence-electron chi connectivity index (χ0n) is 13.6. The normalized spacial score (nSPS) is 10.4. The van der Waals surface area contributed by atoms with E-state index in [1.807, 2.05) is 6.92 Å². The Labute approximate surface area is 151 Å². The lowest BCUT2D eigenvalue weighted by Gasteiger charge is -2.01. The van der Waals surface area contributed by atoms with Gasteiger partial charge in [-0.25, -0.2) is 4.98 Å². The monoisotopic (exact) mass is 373 g/mol. The molecule has 0 spiro atoms. The molecule has 3 N–H and O–H groups in total. The maximum absolute atomic E-state index is 11.9. The Morgan fingerprint density at radius 2 is 1.91 bits per heavy atom. The van der Waals surface area contributed by atoms with E-state index in [9.17, 15) is 4.79 Å². The molecule has 7 heteroatoms. The first-order chi connectivity index (χ1) is 10.6. The highest BCUT2D eigenvalue weighted by molar-refractivity contribution is 7.18. The highest BCUT2D eigenvalue weighted by Gasteiger charge is 2.13. The van der Waals surface area contributed by atoms with E-state index < -0.39 is 0 Å². The van der Waals surface area contributed by atoms with Crippen molar-refractivity contribution in [2.75, 3.05) is 11.9 Å². The third kappa shape index (κ3) is 6.22. The van der Waals surface area contributed by atoms with Gasteiger partial charge in [0.1, 0.15) is 0 Å². The quantitative estimate of drug-likeness (QED) is 0.655. The van der Waals surface area contributed by atoms with E-state index in [0.717, 1.165) is 47.7 Å². The van der Waals surface area contributed by atoms with Gasteiger partial charge in [0, 0.05) is 16.2 Å². The van der Waals surface area contributed by atoms with Gasteiger partial charge < -0.3 is 11.1 Å². The predicted octanol–water partition coefficient (Wildman–Crippen LogP) is 4.76. The molecular weight excluding hydrogens is 350 g/mol. The first kappa shape index (κ1) is 20.1. The number of rotatable bonds is 8. The van der Waals surface area contributed by atoms with E-state index in [0.29, 0.717) is 11.6 Å². The maximum Gasteiger partial charge on any atom is 0.226 e. The molecular formula is C16H24ClN3OS2. The Bertz CT molecular complexity index is 625. The molecule has 2 aromatic rings. The number of aromatic nitrogens is 1. The van der Waals surface area contributed by atoms with E-state index in [1.54, 1.807) is 22.7 Å². The van der Waals surface area contributed by atoms with Crippen molar-refractivity contribution in [3.63, 3.8) is 0 Å². The predicted molar refractivity (Wildman–Crippen MR) is 103 cm³/mol. The molecule has 4 nitrogen and oxygen atoms in total. The standard InChI is InChI=1S/C16H23N3OS2.ClH/c1-11-8-9-13(21-11)15-12(2)22-16(19-15)18-14(20)7-5-3-4-6-10-17;/h8-9H,3-7,10,17H2,1-2H3,(H,18,19,20);1H. The minimum absolute atomic E-state index is 0. The first-order valence-electron chi connectivity index (χ1n) is 7.64. The van der Waals surface area contributed by atoms with Crippen LogP contribution in [0, 0.1) is 13.8 Å². The van der Waals surface area contributed by atoms with E-state index in [1.165, 1.54) is 4.88 Å². The number of carbonyl (C=O) groups is 1. The first-order valence-corrected chi connectivity index (χ1v) is 9.27. The Kier molecular flexibility index (Phi) is 8.76. The maximum atomic E-state index is 11.9. The average molecular weight is 374 g/mol. The molecule has 0 aromatic carbocycles. The van der Waals surface area contributed by atoms with Gasteiger partial charge in [0.2, 0.25) is 5.91 Å². The third-order valence-corrected chi connectivity index (χ3v) is 5.27. The average Bonchev–Trinajstić information content (AvgIpc) is 3.04. The van der Waals surface area contributed by atoms with Crippen molar-refractivity contribution in [1.82, 2.24) is 4.98 Å². The van der Waals surface area contributed by atoms with Crippen LogP contribution >= 0.6 is 35.1 Å². The number of halogens is 1. The van der Waals surface area contributed by atoms with Crippen LogP contribution in [0.1, 0.15) is 41.9 Å². The molecule has 0 unspecified atom stereocenters. The Hall–Kier alpha value is -0.950. The lowest BCUT2D eigenvalue weighted by atomic mass is 10.1. The molecule has 0 aliphatic carbocycles. The number of nitrogens with one attached hydrogen (secondary N) is 1. The number of hydrogen-bond acceptors (Lipinski definition) is 5. The van der Waals surface area contributed by atoms with Gasteiger partial charge >= 0.3 is 0 Å². The van der Waals surface area contributed by atoms with Crippen LogP contribution in [0.25, 0.3) is 10.6 Å². The molecule has 1 amide bonds. The number of unbranched alkanes of at least 4 members (excludes halogenated alkanes) is 3. The molecule has 128 valence electrons. The second-order valence-electron chi connectivity index (χ2n) is 5.34. The van der Waals surface area contributed by atoms with Crippen LogP contribution in [-0.2, 0) is 4.79 Å². The van der Waals surface area contributed by atoms with Crippen molar-refractivity contribution in [1.29, 1.82) is 0 Å². The fraction of sp³-hybridized carbons (Fsp3) is 0.500. The topological polar surface area (TPSA) is 68.0 Å². The van der Waals surface area contributed by atoms with Crippen LogP contribution in [0.4, 0.5) is 5.13 Å².